The first-order valence-electron chi connectivity index (χ1n) is 9.70. The summed E-state index contributed by atoms with van der Waals surface area (Å²) in [5.41, 5.74) is 3.14. The first kappa shape index (κ1) is 19.4. The Bertz CT molecular complexity index is 1160. The number of H-pyrrole nitrogens is 1. The maximum atomic E-state index is 12.2. The standard InChI is InChI=1S/C21H24N4O3S/c1-13(2)12-29(27,28)25-17-5-3-4-15(10-17)16-8-9-18-19(11-16)23-24-20(18)22-21(26)14-6-7-14/h3-5,8-11,13-14,25H,6-7,12H2,1-2H3,(H2,22,23,24,26). The zero-order valence-electron chi connectivity index (χ0n) is 16.4. The molecule has 29 heavy (non-hydrogen) atoms. The number of carbonyl (C=O) groups excluding carboxylic acids is 1. The molecule has 4 rings (SSSR count). The maximum Gasteiger partial charge on any atom is 0.232 e. The summed E-state index contributed by atoms with van der Waals surface area (Å²) in [6.07, 6.45) is 1.88. The predicted molar refractivity (Wildman–Crippen MR) is 115 cm³/mol. The number of benzene rings is 2. The molecule has 0 radical (unpaired) electrons. The van der Waals surface area contributed by atoms with Crippen LogP contribution in [0.3, 0.4) is 0 Å². The lowest BCUT2D eigenvalue weighted by molar-refractivity contribution is -0.117. The van der Waals surface area contributed by atoms with Gasteiger partial charge in [0, 0.05) is 17.0 Å². The van der Waals surface area contributed by atoms with Gasteiger partial charge in [-0.15, -0.1) is 0 Å². The molecule has 1 saturated carbocycles. The molecule has 3 N–H and O–H groups in total. The fourth-order valence-electron chi connectivity index (χ4n) is 3.28. The molecule has 1 fully saturated rings. The molecule has 8 heteroatoms. The summed E-state index contributed by atoms with van der Waals surface area (Å²) in [6, 6.07) is 13.1. The lowest BCUT2D eigenvalue weighted by atomic mass is 10.0. The molecule has 1 aliphatic rings. The van der Waals surface area contributed by atoms with Crippen molar-refractivity contribution in [3.8, 4) is 11.1 Å². The molecule has 1 aromatic heterocycles. The molecule has 1 aliphatic carbocycles. The van der Waals surface area contributed by atoms with E-state index >= 15 is 0 Å². The van der Waals surface area contributed by atoms with Crippen LogP contribution < -0.4 is 10.0 Å². The van der Waals surface area contributed by atoms with Crippen molar-refractivity contribution < 1.29 is 13.2 Å². The van der Waals surface area contributed by atoms with Gasteiger partial charge in [0.05, 0.1) is 11.3 Å². The Morgan fingerprint density at radius 2 is 1.93 bits per heavy atom. The van der Waals surface area contributed by atoms with Crippen molar-refractivity contribution in [3.05, 3.63) is 42.5 Å². The van der Waals surface area contributed by atoms with E-state index < -0.39 is 10.0 Å². The molecule has 0 bridgehead atoms. The van der Waals surface area contributed by atoms with Gasteiger partial charge in [-0.2, -0.15) is 5.10 Å². The second kappa shape index (κ2) is 7.51. The fourth-order valence-corrected chi connectivity index (χ4v) is 4.73. The number of carbonyl (C=O) groups is 1. The Balaban J connectivity index is 1.57. The molecule has 0 aliphatic heterocycles. The predicted octanol–water partition coefficient (Wildman–Crippen LogP) is 3.98. The van der Waals surface area contributed by atoms with Crippen molar-refractivity contribution >= 4 is 38.3 Å². The van der Waals surface area contributed by atoms with Gasteiger partial charge in [-0.1, -0.05) is 32.0 Å². The minimum atomic E-state index is -3.38. The summed E-state index contributed by atoms with van der Waals surface area (Å²) >= 11 is 0. The Kier molecular flexibility index (Phi) is 5.04. The number of fused-ring (bicyclic) bond motifs is 1. The van der Waals surface area contributed by atoms with Crippen molar-refractivity contribution in [2.45, 2.75) is 26.7 Å². The van der Waals surface area contributed by atoms with E-state index in [2.05, 4.69) is 20.2 Å². The molecule has 1 amide bonds. The van der Waals surface area contributed by atoms with Crippen LogP contribution in [0.2, 0.25) is 0 Å². The van der Waals surface area contributed by atoms with Crippen LogP contribution in [0.15, 0.2) is 42.5 Å². The van der Waals surface area contributed by atoms with Gasteiger partial charge in [0.2, 0.25) is 15.9 Å². The number of aromatic nitrogens is 2. The van der Waals surface area contributed by atoms with Crippen molar-refractivity contribution in [1.82, 2.24) is 10.2 Å². The summed E-state index contributed by atoms with van der Waals surface area (Å²) in [7, 11) is -3.38. The number of anilines is 2. The smallest absolute Gasteiger partial charge is 0.232 e. The minimum Gasteiger partial charge on any atom is -0.308 e. The molecule has 152 valence electrons. The van der Waals surface area contributed by atoms with Crippen molar-refractivity contribution in [3.63, 3.8) is 0 Å². The van der Waals surface area contributed by atoms with Gasteiger partial charge < -0.3 is 5.32 Å². The van der Waals surface area contributed by atoms with Gasteiger partial charge in [-0.05, 0) is 54.2 Å². The number of hydrogen-bond acceptors (Lipinski definition) is 4. The third-order valence-electron chi connectivity index (χ3n) is 4.77. The van der Waals surface area contributed by atoms with E-state index in [4.69, 9.17) is 0 Å². The number of nitrogens with zero attached hydrogens (tertiary/aromatic N) is 1. The van der Waals surface area contributed by atoms with E-state index in [9.17, 15) is 13.2 Å². The van der Waals surface area contributed by atoms with Crippen LogP contribution in [0.4, 0.5) is 11.5 Å². The third-order valence-corrected chi connectivity index (χ3v) is 6.43. The summed E-state index contributed by atoms with van der Waals surface area (Å²) in [5, 5.41) is 10.9. The highest BCUT2D eigenvalue weighted by Crippen LogP contribution is 2.32. The van der Waals surface area contributed by atoms with Gasteiger partial charge >= 0.3 is 0 Å². The second-order valence-electron chi connectivity index (χ2n) is 7.95. The normalized spacial score (nSPS) is 14.3. The quantitative estimate of drug-likeness (QED) is 0.546. The Morgan fingerprint density at radius 3 is 2.66 bits per heavy atom. The molecule has 0 unspecified atom stereocenters. The van der Waals surface area contributed by atoms with E-state index in [0.29, 0.717) is 11.5 Å². The zero-order chi connectivity index (χ0) is 20.6. The first-order chi connectivity index (χ1) is 13.8. The van der Waals surface area contributed by atoms with E-state index in [1.165, 1.54) is 0 Å². The van der Waals surface area contributed by atoms with Crippen molar-refractivity contribution in [2.75, 3.05) is 15.8 Å². The fraction of sp³-hybridized carbons (Fsp3) is 0.333. The third kappa shape index (κ3) is 4.59. The van der Waals surface area contributed by atoms with Crippen LogP contribution in [-0.4, -0.2) is 30.3 Å². The van der Waals surface area contributed by atoms with Crippen LogP contribution in [0, 0.1) is 11.8 Å². The van der Waals surface area contributed by atoms with E-state index in [-0.39, 0.29) is 23.5 Å². The average Bonchev–Trinajstić information content (AvgIpc) is 3.43. The van der Waals surface area contributed by atoms with E-state index in [1.54, 1.807) is 6.07 Å². The van der Waals surface area contributed by atoms with Crippen LogP contribution in [0.25, 0.3) is 22.0 Å². The van der Waals surface area contributed by atoms with Crippen molar-refractivity contribution in [2.24, 2.45) is 11.8 Å². The molecular formula is C21H24N4O3S. The number of rotatable bonds is 7. The van der Waals surface area contributed by atoms with Gasteiger partial charge in [0.1, 0.15) is 0 Å². The molecular weight excluding hydrogens is 388 g/mol. The van der Waals surface area contributed by atoms with Crippen LogP contribution in [0.5, 0.6) is 0 Å². The Morgan fingerprint density at radius 1 is 1.17 bits per heavy atom. The molecule has 0 spiro atoms. The SMILES string of the molecule is CC(C)CS(=O)(=O)Nc1cccc(-c2ccc3c(NC(=O)C4CC4)n[nH]c3c2)c1. The second-order valence-corrected chi connectivity index (χ2v) is 9.72. The number of amides is 1. The minimum absolute atomic E-state index is 0.0175. The monoisotopic (exact) mass is 412 g/mol. The van der Waals surface area contributed by atoms with Gasteiger partial charge in [-0.3, -0.25) is 14.6 Å². The largest absolute Gasteiger partial charge is 0.308 e. The Hall–Kier alpha value is -2.87. The van der Waals surface area contributed by atoms with E-state index in [0.717, 1.165) is 34.9 Å². The number of nitrogens with one attached hydrogen (secondary N) is 3. The highest BCUT2D eigenvalue weighted by molar-refractivity contribution is 7.92. The number of aromatic amines is 1. The first-order valence-corrected chi connectivity index (χ1v) is 11.4. The van der Waals surface area contributed by atoms with Crippen LogP contribution in [0.1, 0.15) is 26.7 Å². The maximum absolute atomic E-state index is 12.2. The lowest BCUT2D eigenvalue weighted by Crippen LogP contribution is -2.19. The summed E-state index contributed by atoms with van der Waals surface area (Å²) in [6.45, 7) is 3.74. The average molecular weight is 413 g/mol. The topological polar surface area (TPSA) is 104 Å². The molecule has 2 aromatic carbocycles. The molecule has 7 nitrogen and oxygen atoms in total. The molecule has 0 saturated heterocycles. The van der Waals surface area contributed by atoms with Crippen LogP contribution in [-0.2, 0) is 14.8 Å². The Labute approximate surface area is 170 Å². The van der Waals surface area contributed by atoms with Crippen LogP contribution >= 0.6 is 0 Å². The molecule has 1 heterocycles. The lowest BCUT2D eigenvalue weighted by Gasteiger charge is -2.11. The van der Waals surface area contributed by atoms with Gasteiger partial charge in [-0.25, -0.2) is 8.42 Å². The summed E-state index contributed by atoms with van der Waals surface area (Å²) in [5.74, 6) is 0.797. The zero-order valence-corrected chi connectivity index (χ0v) is 17.2. The van der Waals surface area contributed by atoms with Gasteiger partial charge in [0.15, 0.2) is 5.82 Å². The highest BCUT2D eigenvalue weighted by Gasteiger charge is 2.30. The van der Waals surface area contributed by atoms with E-state index in [1.807, 2.05) is 50.2 Å². The number of sulfonamides is 1. The molecule has 0 atom stereocenters. The number of hydrogen-bond donors (Lipinski definition) is 3. The highest BCUT2D eigenvalue weighted by atomic mass is 32.2. The summed E-state index contributed by atoms with van der Waals surface area (Å²) < 4.78 is 27.1. The summed E-state index contributed by atoms with van der Waals surface area (Å²) in [4.78, 5) is 12.0. The van der Waals surface area contributed by atoms with Crippen molar-refractivity contribution in [1.29, 1.82) is 0 Å². The van der Waals surface area contributed by atoms with Gasteiger partial charge in [0.25, 0.3) is 0 Å². The molecule has 3 aromatic rings.